The van der Waals surface area contributed by atoms with Crippen LogP contribution in [0.5, 0.6) is 0 Å². The standard InChI is InChI=1S/C16H21N3O5S2/c20-15(19-5-6-25-10-19)14-7-11(8-17-14)9-26(23,24)18-13-3-1-12(2-4-13)16(21)22/h1-4,11,14,17-18H,5-10H2,(H,21,22)/t11-,14-/m0/s1. The zero-order chi connectivity index (χ0) is 18.7. The second kappa shape index (κ2) is 7.85. The van der Waals surface area contributed by atoms with Crippen molar-refractivity contribution in [3.63, 3.8) is 0 Å². The Morgan fingerprint density at radius 3 is 2.65 bits per heavy atom. The van der Waals surface area contributed by atoms with Crippen molar-refractivity contribution in [1.29, 1.82) is 0 Å². The van der Waals surface area contributed by atoms with Crippen LogP contribution < -0.4 is 10.0 Å². The highest BCUT2D eigenvalue weighted by Gasteiger charge is 2.35. The Hall–Kier alpha value is -1.78. The van der Waals surface area contributed by atoms with Gasteiger partial charge in [-0.1, -0.05) is 0 Å². The van der Waals surface area contributed by atoms with E-state index in [2.05, 4.69) is 10.0 Å². The number of carboxylic acid groups (broad SMARTS) is 1. The van der Waals surface area contributed by atoms with Gasteiger partial charge in [0.05, 0.1) is 23.2 Å². The summed E-state index contributed by atoms with van der Waals surface area (Å²) in [7, 11) is -3.59. The average Bonchev–Trinajstić information content (AvgIpc) is 3.25. The fourth-order valence-corrected chi connectivity index (χ4v) is 5.55. The number of nitrogens with one attached hydrogen (secondary N) is 2. The first-order chi connectivity index (χ1) is 12.3. The van der Waals surface area contributed by atoms with E-state index >= 15 is 0 Å². The zero-order valence-electron chi connectivity index (χ0n) is 14.1. The largest absolute Gasteiger partial charge is 0.478 e. The molecule has 1 amide bonds. The maximum atomic E-state index is 12.4. The van der Waals surface area contributed by atoms with Crippen molar-refractivity contribution < 1.29 is 23.1 Å². The molecule has 0 saturated carbocycles. The van der Waals surface area contributed by atoms with Gasteiger partial charge in [0.25, 0.3) is 0 Å². The van der Waals surface area contributed by atoms with E-state index in [0.29, 0.717) is 24.5 Å². The SMILES string of the molecule is O=C(O)c1ccc(NS(=O)(=O)C[C@@H]2CN[C@H](C(=O)N3CCSC3)C2)cc1. The first kappa shape index (κ1) is 19.0. The van der Waals surface area contributed by atoms with Crippen molar-refractivity contribution in [3.05, 3.63) is 29.8 Å². The molecule has 1 aromatic rings. The van der Waals surface area contributed by atoms with Crippen LogP contribution in [0.15, 0.2) is 24.3 Å². The molecule has 0 aliphatic carbocycles. The molecule has 0 radical (unpaired) electrons. The molecule has 26 heavy (non-hydrogen) atoms. The Morgan fingerprint density at radius 1 is 1.31 bits per heavy atom. The topological polar surface area (TPSA) is 116 Å². The normalized spacial score (nSPS) is 23.2. The Morgan fingerprint density at radius 2 is 2.04 bits per heavy atom. The van der Waals surface area contributed by atoms with Crippen LogP contribution >= 0.6 is 11.8 Å². The number of carboxylic acids is 1. The molecule has 2 fully saturated rings. The number of carbonyl (C=O) groups excluding carboxylic acids is 1. The molecule has 142 valence electrons. The second-order valence-corrected chi connectivity index (χ2v) is 9.31. The van der Waals surface area contributed by atoms with Gasteiger partial charge < -0.3 is 15.3 Å². The van der Waals surface area contributed by atoms with Crippen molar-refractivity contribution in [3.8, 4) is 0 Å². The molecule has 2 aliphatic heterocycles. The highest BCUT2D eigenvalue weighted by molar-refractivity contribution is 7.99. The highest BCUT2D eigenvalue weighted by Crippen LogP contribution is 2.22. The van der Waals surface area contributed by atoms with Crippen molar-refractivity contribution in [2.24, 2.45) is 5.92 Å². The predicted molar refractivity (Wildman–Crippen MR) is 99.7 cm³/mol. The van der Waals surface area contributed by atoms with E-state index in [1.54, 1.807) is 11.8 Å². The molecule has 2 heterocycles. The van der Waals surface area contributed by atoms with Gasteiger partial charge in [0.2, 0.25) is 15.9 Å². The molecule has 0 aromatic heterocycles. The number of amides is 1. The Bertz CT molecular complexity index is 776. The lowest BCUT2D eigenvalue weighted by atomic mass is 10.1. The second-order valence-electron chi connectivity index (χ2n) is 6.47. The number of benzene rings is 1. The summed E-state index contributed by atoms with van der Waals surface area (Å²) in [6.07, 6.45) is 0.499. The molecule has 3 rings (SSSR count). The van der Waals surface area contributed by atoms with Gasteiger partial charge in [0.1, 0.15) is 0 Å². The number of anilines is 1. The number of aromatic carboxylic acids is 1. The summed E-state index contributed by atoms with van der Waals surface area (Å²) in [6, 6.07) is 5.22. The maximum absolute atomic E-state index is 12.4. The van der Waals surface area contributed by atoms with E-state index in [1.807, 2.05) is 4.90 Å². The highest BCUT2D eigenvalue weighted by atomic mass is 32.2. The van der Waals surface area contributed by atoms with Crippen LogP contribution in [-0.2, 0) is 14.8 Å². The number of nitrogens with zero attached hydrogens (tertiary/aromatic N) is 1. The molecular formula is C16H21N3O5S2. The smallest absolute Gasteiger partial charge is 0.335 e. The van der Waals surface area contributed by atoms with Gasteiger partial charge in [-0.25, -0.2) is 13.2 Å². The van der Waals surface area contributed by atoms with Gasteiger partial charge in [-0.3, -0.25) is 9.52 Å². The van der Waals surface area contributed by atoms with Gasteiger partial charge in [0.15, 0.2) is 0 Å². The molecular weight excluding hydrogens is 378 g/mol. The van der Waals surface area contributed by atoms with Gasteiger partial charge in [0, 0.05) is 18.0 Å². The third-order valence-corrected chi connectivity index (χ3v) is 6.87. The van der Waals surface area contributed by atoms with E-state index in [0.717, 1.165) is 12.3 Å². The minimum atomic E-state index is -3.59. The summed E-state index contributed by atoms with van der Waals surface area (Å²) in [5, 5.41) is 12.0. The molecule has 0 bridgehead atoms. The maximum Gasteiger partial charge on any atom is 0.335 e. The third-order valence-electron chi connectivity index (χ3n) is 4.44. The molecule has 8 nitrogen and oxygen atoms in total. The monoisotopic (exact) mass is 399 g/mol. The quantitative estimate of drug-likeness (QED) is 0.643. The van der Waals surface area contributed by atoms with Crippen LogP contribution in [0.1, 0.15) is 16.8 Å². The van der Waals surface area contributed by atoms with E-state index in [-0.39, 0.29) is 29.2 Å². The average molecular weight is 399 g/mol. The van der Waals surface area contributed by atoms with Crippen LogP contribution in [0.2, 0.25) is 0 Å². The molecule has 0 unspecified atom stereocenters. The zero-order valence-corrected chi connectivity index (χ0v) is 15.7. The fourth-order valence-electron chi connectivity index (χ4n) is 3.14. The number of carbonyl (C=O) groups is 2. The fraction of sp³-hybridized carbons (Fsp3) is 0.500. The van der Waals surface area contributed by atoms with Crippen molar-refractivity contribution in [1.82, 2.24) is 10.2 Å². The van der Waals surface area contributed by atoms with Crippen LogP contribution in [0.4, 0.5) is 5.69 Å². The summed E-state index contributed by atoms with van der Waals surface area (Å²) in [4.78, 5) is 25.0. The lowest BCUT2D eigenvalue weighted by molar-refractivity contribution is -0.131. The molecule has 0 spiro atoms. The molecule has 2 atom stereocenters. The summed E-state index contributed by atoms with van der Waals surface area (Å²) < 4.78 is 27.2. The minimum Gasteiger partial charge on any atom is -0.478 e. The molecule has 10 heteroatoms. The van der Waals surface area contributed by atoms with Gasteiger partial charge in [-0.05, 0) is 43.1 Å². The summed E-state index contributed by atoms with van der Waals surface area (Å²) in [6.45, 7) is 1.23. The molecule has 3 N–H and O–H groups in total. The van der Waals surface area contributed by atoms with Crippen LogP contribution in [-0.4, -0.2) is 66.8 Å². The van der Waals surface area contributed by atoms with Crippen molar-refractivity contribution >= 4 is 39.3 Å². The van der Waals surface area contributed by atoms with Crippen LogP contribution in [0.25, 0.3) is 0 Å². The van der Waals surface area contributed by atoms with Gasteiger partial charge in [-0.2, -0.15) is 0 Å². The Balaban J connectivity index is 1.54. The first-order valence-electron chi connectivity index (χ1n) is 8.28. The molecule has 2 saturated heterocycles. The summed E-state index contributed by atoms with van der Waals surface area (Å²) >= 11 is 1.72. The number of hydrogen-bond acceptors (Lipinski definition) is 6. The van der Waals surface area contributed by atoms with Crippen LogP contribution in [0.3, 0.4) is 0 Å². The van der Waals surface area contributed by atoms with Crippen molar-refractivity contribution in [2.75, 3.05) is 35.2 Å². The number of thioether (sulfide) groups is 1. The van der Waals surface area contributed by atoms with Gasteiger partial charge in [-0.15, -0.1) is 11.8 Å². The number of sulfonamides is 1. The van der Waals surface area contributed by atoms with Crippen LogP contribution in [0, 0.1) is 5.92 Å². The lowest BCUT2D eigenvalue weighted by Crippen LogP contribution is -2.42. The van der Waals surface area contributed by atoms with E-state index < -0.39 is 16.0 Å². The van der Waals surface area contributed by atoms with E-state index in [4.69, 9.17) is 5.11 Å². The van der Waals surface area contributed by atoms with Crippen molar-refractivity contribution in [2.45, 2.75) is 12.5 Å². The minimum absolute atomic E-state index is 0.0483. The Kier molecular flexibility index (Phi) is 5.73. The summed E-state index contributed by atoms with van der Waals surface area (Å²) in [5.74, 6) is 0.402. The predicted octanol–water partition coefficient (Wildman–Crippen LogP) is 0.637. The number of hydrogen-bond donors (Lipinski definition) is 3. The summed E-state index contributed by atoms with van der Waals surface area (Å²) in [5.41, 5.74) is 0.414. The molecule has 1 aromatic carbocycles. The number of rotatable bonds is 6. The third kappa shape index (κ3) is 4.68. The Labute approximate surface area is 156 Å². The van der Waals surface area contributed by atoms with Gasteiger partial charge >= 0.3 is 5.97 Å². The molecule has 2 aliphatic rings. The van der Waals surface area contributed by atoms with E-state index in [1.165, 1.54) is 24.3 Å². The van der Waals surface area contributed by atoms with E-state index in [9.17, 15) is 18.0 Å². The first-order valence-corrected chi connectivity index (χ1v) is 11.1. The lowest BCUT2D eigenvalue weighted by Gasteiger charge is -2.19.